The molecule has 0 heterocycles. The molecular weight excluding hydrogens is 126 g/mol. The van der Waals surface area contributed by atoms with Crippen LogP contribution in [-0.4, -0.2) is 17.4 Å². The molecule has 0 fully saturated rings. The summed E-state index contributed by atoms with van der Waals surface area (Å²) in [6.45, 7) is 6.03. The van der Waals surface area contributed by atoms with Crippen molar-refractivity contribution in [1.82, 2.24) is 5.32 Å². The van der Waals surface area contributed by atoms with Gasteiger partial charge in [-0.2, -0.15) is 0 Å². The van der Waals surface area contributed by atoms with Gasteiger partial charge in [0.2, 0.25) is 0 Å². The van der Waals surface area contributed by atoms with Crippen molar-refractivity contribution in [3.63, 3.8) is 0 Å². The molecule has 2 N–H and O–H groups in total. The highest BCUT2D eigenvalue weighted by atomic mass is 16.3. The van der Waals surface area contributed by atoms with Crippen molar-refractivity contribution < 1.29 is 5.11 Å². The maximum atomic E-state index is 8.91. The van der Waals surface area contributed by atoms with Crippen LogP contribution in [0.15, 0.2) is 0 Å². The van der Waals surface area contributed by atoms with Gasteiger partial charge in [0.1, 0.15) is 6.23 Å². The monoisotopic (exact) mass is 145 g/mol. The van der Waals surface area contributed by atoms with Gasteiger partial charge in [0.15, 0.2) is 0 Å². The van der Waals surface area contributed by atoms with Gasteiger partial charge in [0.05, 0.1) is 0 Å². The topological polar surface area (TPSA) is 32.3 Å². The van der Waals surface area contributed by atoms with E-state index in [1.165, 1.54) is 12.8 Å². The molecule has 0 saturated carbocycles. The highest BCUT2D eigenvalue weighted by Gasteiger charge is 2.01. The van der Waals surface area contributed by atoms with Crippen LogP contribution >= 0.6 is 0 Å². The Balaban J connectivity index is 3.16. The van der Waals surface area contributed by atoms with Gasteiger partial charge < -0.3 is 5.11 Å². The van der Waals surface area contributed by atoms with Crippen LogP contribution in [0.1, 0.15) is 40.0 Å². The van der Waals surface area contributed by atoms with Crippen molar-refractivity contribution in [1.29, 1.82) is 0 Å². The third kappa shape index (κ3) is 6.05. The zero-order valence-corrected chi connectivity index (χ0v) is 7.22. The van der Waals surface area contributed by atoms with Crippen molar-refractivity contribution >= 4 is 0 Å². The first-order chi connectivity index (χ1) is 4.66. The van der Waals surface area contributed by atoms with Gasteiger partial charge in [-0.3, -0.25) is 5.32 Å². The highest BCUT2D eigenvalue weighted by molar-refractivity contribution is 4.59. The van der Waals surface area contributed by atoms with Crippen molar-refractivity contribution in [2.45, 2.75) is 52.3 Å². The first-order valence-corrected chi connectivity index (χ1v) is 4.11. The predicted molar refractivity (Wildman–Crippen MR) is 43.8 cm³/mol. The molecule has 0 aromatic carbocycles. The summed E-state index contributed by atoms with van der Waals surface area (Å²) in [7, 11) is 0. The van der Waals surface area contributed by atoms with Gasteiger partial charge >= 0.3 is 0 Å². The van der Waals surface area contributed by atoms with Crippen molar-refractivity contribution in [2.75, 3.05) is 0 Å². The summed E-state index contributed by atoms with van der Waals surface area (Å²) in [5, 5.41) is 11.9. The lowest BCUT2D eigenvalue weighted by Gasteiger charge is -2.14. The summed E-state index contributed by atoms with van der Waals surface area (Å²) in [6, 6.07) is 0.444. The summed E-state index contributed by atoms with van der Waals surface area (Å²) in [4.78, 5) is 0. The van der Waals surface area contributed by atoms with Crippen molar-refractivity contribution in [3.8, 4) is 0 Å². The number of unbranched alkanes of at least 4 members (excludes halogenated alkanes) is 1. The molecule has 0 aliphatic heterocycles. The number of rotatable bonds is 5. The standard InChI is InChI=1S/C8H19NO/c1-4-5-6-7(2)9-8(3)10/h7-10H,4-6H2,1-3H3. The fourth-order valence-corrected chi connectivity index (χ4v) is 1.01. The number of hydrogen-bond acceptors (Lipinski definition) is 2. The van der Waals surface area contributed by atoms with Gasteiger partial charge in [0.25, 0.3) is 0 Å². The molecule has 2 unspecified atom stereocenters. The molecule has 0 aromatic rings. The molecule has 10 heavy (non-hydrogen) atoms. The Hall–Kier alpha value is -0.0800. The maximum Gasteiger partial charge on any atom is 0.102 e. The van der Waals surface area contributed by atoms with Crippen molar-refractivity contribution in [2.24, 2.45) is 0 Å². The first kappa shape index (κ1) is 9.92. The lowest BCUT2D eigenvalue weighted by Crippen LogP contribution is -2.33. The van der Waals surface area contributed by atoms with Gasteiger partial charge in [-0.15, -0.1) is 0 Å². The lowest BCUT2D eigenvalue weighted by atomic mass is 10.1. The second-order valence-corrected chi connectivity index (χ2v) is 2.89. The minimum Gasteiger partial charge on any atom is -0.379 e. The van der Waals surface area contributed by atoms with E-state index in [1.54, 1.807) is 6.92 Å². The fraction of sp³-hybridized carbons (Fsp3) is 1.00. The summed E-state index contributed by atoms with van der Waals surface area (Å²) >= 11 is 0. The van der Waals surface area contributed by atoms with E-state index in [-0.39, 0.29) is 6.23 Å². The van der Waals surface area contributed by atoms with Crippen LogP contribution in [0.4, 0.5) is 0 Å². The summed E-state index contributed by atoms with van der Waals surface area (Å²) < 4.78 is 0. The molecule has 0 bridgehead atoms. The predicted octanol–water partition coefficient (Wildman–Crippen LogP) is 1.49. The van der Waals surface area contributed by atoms with Gasteiger partial charge in [-0.25, -0.2) is 0 Å². The molecule has 0 spiro atoms. The third-order valence-electron chi connectivity index (χ3n) is 1.52. The smallest absolute Gasteiger partial charge is 0.102 e. The van der Waals surface area contributed by atoms with E-state index in [0.717, 1.165) is 6.42 Å². The van der Waals surface area contributed by atoms with Gasteiger partial charge in [-0.1, -0.05) is 19.8 Å². The summed E-state index contributed by atoms with van der Waals surface area (Å²) in [5.41, 5.74) is 0. The van der Waals surface area contributed by atoms with E-state index in [4.69, 9.17) is 5.11 Å². The Kier molecular flexibility index (Phi) is 5.64. The number of aliphatic hydroxyl groups excluding tert-OH is 1. The molecule has 0 aliphatic rings. The Morgan fingerprint density at radius 2 is 2.00 bits per heavy atom. The first-order valence-electron chi connectivity index (χ1n) is 4.11. The molecular formula is C8H19NO. The molecule has 0 aromatic heterocycles. The molecule has 0 aliphatic carbocycles. The van der Waals surface area contributed by atoms with E-state index in [2.05, 4.69) is 19.2 Å². The number of hydrogen-bond donors (Lipinski definition) is 2. The Morgan fingerprint density at radius 3 is 2.40 bits per heavy atom. The quantitative estimate of drug-likeness (QED) is 0.574. The third-order valence-corrected chi connectivity index (χ3v) is 1.52. The number of nitrogens with one attached hydrogen (secondary N) is 1. The molecule has 62 valence electrons. The molecule has 2 heteroatoms. The van der Waals surface area contributed by atoms with Crippen LogP contribution in [0.2, 0.25) is 0 Å². The van der Waals surface area contributed by atoms with E-state index in [1.807, 2.05) is 0 Å². The summed E-state index contributed by atoms with van der Waals surface area (Å²) in [5.74, 6) is 0. The van der Waals surface area contributed by atoms with Crippen LogP contribution in [-0.2, 0) is 0 Å². The van der Waals surface area contributed by atoms with Crippen LogP contribution in [0.3, 0.4) is 0 Å². The maximum absolute atomic E-state index is 8.91. The van der Waals surface area contributed by atoms with E-state index in [0.29, 0.717) is 6.04 Å². The molecule has 0 amide bonds. The normalized spacial score (nSPS) is 16.8. The zero-order chi connectivity index (χ0) is 7.98. The van der Waals surface area contributed by atoms with Crippen molar-refractivity contribution in [3.05, 3.63) is 0 Å². The molecule has 0 rings (SSSR count). The molecule has 0 radical (unpaired) electrons. The SMILES string of the molecule is CCCCC(C)NC(C)O. The Labute approximate surface area is 63.6 Å². The minimum atomic E-state index is -0.369. The van der Waals surface area contributed by atoms with Crippen LogP contribution in [0.5, 0.6) is 0 Å². The molecule has 0 saturated heterocycles. The summed E-state index contributed by atoms with van der Waals surface area (Å²) in [6.07, 6.45) is 3.25. The number of aliphatic hydroxyl groups is 1. The second kappa shape index (κ2) is 5.69. The highest BCUT2D eigenvalue weighted by Crippen LogP contribution is 1.99. The lowest BCUT2D eigenvalue weighted by molar-refractivity contribution is 0.141. The molecule has 2 nitrogen and oxygen atoms in total. The fourth-order valence-electron chi connectivity index (χ4n) is 1.01. The van der Waals surface area contributed by atoms with E-state index in [9.17, 15) is 0 Å². The van der Waals surface area contributed by atoms with Gasteiger partial charge in [-0.05, 0) is 20.3 Å². The Bertz CT molecular complexity index is 73.7. The Morgan fingerprint density at radius 1 is 1.40 bits per heavy atom. The van der Waals surface area contributed by atoms with Crippen LogP contribution in [0, 0.1) is 0 Å². The average molecular weight is 145 g/mol. The average Bonchev–Trinajstić information content (AvgIpc) is 1.82. The largest absolute Gasteiger partial charge is 0.379 e. The molecule has 2 atom stereocenters. The minimum absolute atomic E-state index is 0.369. The van der Waals surface area contributed by atoms with Crippen LogP contribution < -0.4 is 5.32 Å². The zero-order valence-electron chi connectivity index (χ0n) is 7.22. The van der Waals surface area contributed by atoms with Gasteiger partial charge in [0, 0.05) is 6.04 Å². The van der Waals surface area contributed by atoms with E-state index >= 15 is 0 Å². The van der Waals surface area contributed by atoms with E-state index < -0.39 is 0 Å². The van der Waals surface area contributed by atoms with Crippen LogP contribution in [0.25, 0.3) is 0 Å². The second-order valence-electron chi connectivity index (χ2n) is 2.89.